The van der Waals surface area contributed by atoms with Crippen molar-refractivity contribution in [3.05, 3.63) is 28.3 Å². The molecule has 0 bridgehead atoms. The Hall–Kier alpha value is -1.82. The molecule has 1 rings (SSSR count). The highest BCUT2D eigenvalue weighted by atomic mass is 35.5. The van der Waals surface area contributed by atoms with Crippen LogP contribution in [0.4, 0.5) is 11.4 Å². The second-order valence-corrected chi connectivity index (χ2v) is 3.72. The van der Waals surface area contributed by atoms with E-state index >= 15 is 0 Å². The highest BCUT2D eigenvalue weighted by molar-refractivity contribution is 6.32. The van der Waals surface area contributed by atoms with Gasteiger partial charge >= 0.3 is 0 Å². The molecule has 6 nitrogen and oxygen atoms in total. The van der Waals surface area contributed by atoms with Gasteiger partial charge in [0.2, 0.25) is 5.91 Å². The van der Waals surface area contributed by atoms with Gasteiger partial charge in [0.25, 0.3) is 5.69 Å². The summed E-state index contributed by atoms with van der Waals surface area (Å²) in [4.78, 5) is 21.1. The van der Waals surface area contributed by atoms with Crippen LogP contribution in [0.1, 0.15) is 6.92 Å². The maximum absolute atomic E-state index is 11.2. The standard InChI is InChI=1S/C9H9ClN2O4/c1-5(10)9(14)11-7-4-6(12(15)16)2-3-8(7)13/h2-5,13H,1H3,(H,11,14)/t5-/m0/s1. The summed E-state index contributed by atoms with van der Waals surface area (Å²) in [6.45, 7) is 1.45. The zero-order chi connectivity index (χ0) is 12.3. The van der Waals surface area contributed by atoms with Gasteiger partial charge in [-0.3, -0.25) is 14.9 Å². The molecule has 0 heterocycles. The number of nitro benzene ring substituents is 1. The normalized spacial score (nSPS) is 11.9. The number of amides is 1. The number of nitro groups is 1. The van der Waals surface area contributed by atoms with E-state index in [9.17, 15) is 20.0 Å². The van der Waals surface area contributed by atoms with Crippen LogP contribution in [-0.2, 0) is 4.79 Å². The Kier molecular flexibility index (Phi) is 3.68. The van der Waals surface area contributed by atoms with Crippen LogP contribution in [0.15, 0.2) is 18.2 Å². The predicted molar refractivity (Wildman–Crippen MR) is 58.7 cm³/mol. The number of aromatic hydroxyl groups is 1. The average molecular weight is 245 g/mol. The van der Waals surface area contributed by atoms with E-state index in [-0.39, 0.29) is 17.1 Å². The van der Waals surface area contributed by atoms with Crippen molar-refractivity contribution in [2.24, 2.45) is 0 Å². The van der Waals surface area contributed by atoms with E-state index in [2.05, 4.69) is 5.32 Å². The molecule has 0 spiro atoms. The predicted octanol–water partition coefficient (Wildman–Crippen LogP) is 1.87. The molecule has 1 atom stereocenters. The van der Waals surface area contributed by atoms with Crippen molar-refractivity contribution in [1.82, 2.24) is 0 Å². The molecule has 86 valence electrons. The molecular weight excluding hydrogens is 236 g/mol. The number of rotatable bonds is 3. The first-order valence-electron chi connectivity index (χ1n) is 4.34. The number of hydrogen-bond donors (Lipinski definition) is 2. The largest absolute Gasteiger partial charge is 0.506 e. The Morgan fingerprint density at radius 2 is 2.25 bits per heavy atom. The Morgan fingerprint density at radius 3 is 2.75 bits per heavy atom. The minimum Gasteiger partial charge on any atom is -0.506 e. The molecular formula is C9H9ClN2O4. The molecule has 0 fully saturated rings. The maximum atomic E-state index is 11.2. The molecule has 1 aromatic rings. The molecule has 0 aliphatic heterocycles. The SMILES string of the molecule is C[C@H](Cl)C(=O)Nc1cc([N+](=O)[O-])ccc1O. The quantitative estimate of drug-likeness (QED) is 0.367. The van der Waals surface area contributed by atoms with Crippen LogP contribution in [0.5, 0.6) is 5.75 Å². The summed E-state index contributed by atoms with van der Waals surface area (Å²) < 4.78 is 0. The molecule has 0 saturated heterocycles. The number of non-ortho nitro benzene ring substituents is 1. The van der Waals surface area contributed by atoms with Crippen LogP contribution in [0, 0.1) is 10.1 Å². The number of anilines is 1. The van der Waals surface area contributed by atoms with Crippen LogP contribution in [-0.4, -0.2) is 21.3 Å². The monoisotopic (exact) mass is 244 g/mol. The van der Waals surface area contributed by atoms with Crippen LogP contribution >= 0.6 is 11.6 Å². The van der Waals surface area contributed by atoms with Crippen molar-refractivity contribution in [2.45, 2.75) is 12.3 Å². The van der Waals surface area contributed by atoms with Gasteiger partial charge < -0.3 is 10.4 Å². The zero-order valence-electron chi connectivity index (χ0n) is 8.31. The number of phenolic OH excluding ortho intramolecular Hbond substituents is 1. The summed E-state index contributed by atoms with van der Waals surface area (Å²) in [6, 6.07) is 3.33. The number of hydrogen-bond acceptors (Lipinski definition) is 4. The van der Waals surface area contributed by atoms with Crippen molar-refractivity contribution in [3.63, 3.8) is 0 Å². The molecule has 1 aromatic carbocycles. The molecule has 0 unspecified atom stereocenters. The number of phenols is 1. The van der Waals surface area contributed by atoms with Crippen LogP contribution < -0.4 is 5.32 Å². The molecule has 7 heteroatoms. The molecule has 0 aliphatic carbocycles. The second-order valence-electron chi connectivity index (χ2n) is 3.06. The second kappa shape index (κ2) is 4.80. The van der Waals surface area contributed by atoms with Crippen LogP contribution in [0.2, 0.25) is 0 Å². The Bertz CT molecular complexity index is 434. The number of benzene rings is 1. The number of carbonyl (C=O) groups is 1. The third-order valence-electron chi connectivity index (χ3n) is 1.81. The number of nitrogens with one attached hydrogen (secondary N) is 1. The van der Waals surface area contributed by atoms with Gasteiger partial charge in [0.05, 0.1) is 10.6 Å². The lowest BCUT2D eigenvalue weighted by Crippen LogP contribution is -2.20. The first-order valence-corrected chi connectivity index (χ1v) is 4.78. The summed E-state index contributed by atoms with van der Waals surface area (Å²) in [5.74, 6) is -0.797. The Morgan fingerprint density at radius 1 is 1.62 bits per heavy atom. The minimum atomic E-state index is -0.793. The highest BCUT2D eigenvalue weighted by Gasteiger charge is 2.15. The van der Waals surface area contributed by atoms with Crippen molar-refractivity contribution in [1.29, 1.82) is 0 Å². The topological polar surface area (TPSA) is 92.5 Å². The van der Waals surface area contributed by atoms with E-state index < -0.39 is 16.2 Å². The van der Waals surface area contributed by atoms with Gasteiger partial charge in [-0.2, -0.15) is 0 Å². The van der Waals surface area contributed by atoms with Crippen molar-refractivity contribution >= 4 is 28.9 Å². The van der Waals surface area contributed by atoms with Gasteiger partial charge in [-0.1, -0.05) is 0 Å². The van der Waals surface area contributed by atoms with E-state index in [1.54, 1.807) is 0 Å². The molecule has 1 amide bonds. The fraction of sp³-hybridized carbons (Fsp3) is 0.222. The van der Waals surface area contributed by atoms with Gasteiger partial charge in [-0.15, -0.1) is 11.6 Å². The smallest absolute Gasteiger partial charge is 0.271 e. The summed E-state index contributed by atoms with van der Waals surface area (Å²) >= 11 is 5.51. The first-order chi connectivity index (χ1) is 7.41. The fourth-order valence-corrected chi connectivity index (χ4v) is 1.02. The number of carbonyl (C=O) groups excluding carboxylic acids is 1. The van der Waals surface area contributed by atoms with E-state index in [4.69, 9.17) is 11.6 Å². The van der Waals surface area contributed by atoms with Crippen molar-refractivity contribution in [2.75, 3.05) is 5.32 Å². The number of nitrogens with zero attached hydrogens (tertiary/aromatic N) is 1. The summed E-state index contributed by atoms with van der Waals surface area (Å²) in [5.41, 5.74) is -0.262. The summed E-state index contributed by atoms with van der Waals surface area (Å²) in [7, 11) is 0. The minimum absolute atomic E-state index is 0.0355. The Balaban J connectivity index is 2.99. The third-order valence-corrected chi connectivity index (χ3v) is 2.01. The van der Waals surface area contributed by atoms with E-state index in [1.807, 2.05) is 0 Å². The van der Waals surface area contributed by atoms with Crippen LogP contribution in [0.3, 0.4) is 0 Å². The van der Waals surface area contributed by atoms with Gasteiger partial charge in [-0.25, -0.2) is 0 Å². The average Bonchev–Trinajstić information content (AvgIpc) is 2.20. The van der Waals surface area contributed by atoms with Crippen molar-refractivity contribution < 1.29 is 14.8 Å². The highest BCUT2D eigenvalue weighted by Crippen LogP contribution is 2.27. The lowest BCUT2D eigenvalue weighted by atomic mass is 10.2. The molecule has 0 saturated carbocycles. The van der Waals surface area contributed by atoms with Gasteiger partial charge in [0.15, 0.2) is 0 Å². The third kappa shape index (κ3) is 2.83. The molecule has 0 aromatic heterocycles. The van der Waals surface area contributed by atoms with Gasteiger partial charge in [-0.05, 0) is 13.0 Å². The lowest BCUT2D eigenvalue weighted by molar-refractivity contribution is -0.384. The van der Waals surface area contributed by atoms with Gasteiger partial charge in [0, 0.05) is 12.1 Å². The van der Waals surface area contributed by atoms with E-state index in [1.165, 1.54) is 6.92 Å². The molecule has 16 heavy (non-hydrogen) atoms. The number of halogens is 1. The van der Waals surface area contributed by atoms with Crippen LogP contribution in [0.25, 0.3) is 0 Å². The fourth-order valence-electron chi connectivity index (χ4n) is 0.970. The Labute approximate surface area is 96.0 Å². The molecule has 2 N–H and O–H groups in total. The summed E-state index contributed by atoms with van der Waals surface area (Å²) in [6.07, 6.45) is 0. The van der Waals surface area contributed by atoms with E-state index in [0.29, 0.717) is 0 Å². The van der Waals surface area contributed by atoms with Gasteiger partial charge in [0.1, 0.15) is 11.1 Å². The molecule has 0 radical (unpaired) electrons. The number of alkyl halides is 1. The lowest BCUT2D eigenvalue weighted by Gasteiger charge is -2.07. The zero-order valence-corrected chi connectivity index (χ0v) is 9.06. The molecule has 0 aliphatic rings. The summed E-state index contributed by atoms with van der Waals surface area (Å²) in [5, 5.41) is 21.3. The first kappa shape index (κ1) is 12.3. The van der Waals surface area contributed by atoms with E-state index in [0.717, 1.165) is 18.2 Å². The van der Waals surface area contributed by atoms with Crippen molar-refractivity contribution in [3.8, 4) is 5.75 Å². The maximum Gasteiger partial charge on any atom is 0.271 e.